The first-order chi connectivity index (χ1) is 9.34. The Hall–Kier alpha value is -1.06. The number of nitrogens with zero attached hydrogens (tertiary/aromatic N) is 1. The first-order valence-corrected chi connectivity index (χ1v) is 7.95. The third-order valence-electron chi connectivity index (χ3n) is 4.75. The minimum absolute atomic E-state index is 0.0145. The van der Waals surface area contributed by atoms with Crippen LogP contribution in [0.3, 0.4) is 0 Å². The number of carbonyl (C=O) groups is 2. The molecule has 0 radical (unpaired) electrons. The molecule has 4 heteroatoms. The highest BCUT2D eigenvalue weighted by atomic mass is 16.2. The van der Waals surface area contributed by atoms with Crippen LogP contribution >= 0.6 is 0 Å². The van der Waals surface area contributed by atoms with Crippen LogP contribution in [0.2, 0.25) is 0 Å². The van der Waals surface area contributed by atoms with E-state index in [0.717, 1.165) is 18.9 Å². The van der Waals surface area contributed by atoms with Crippen molar-refractivity contribution in [3.8, 4) is 0 Å². The van der Waals surface area contributed by atoms with Crippen molar-refractivity contribution in [1.29, 1.82) is 0 Å². The van der Waals surface area contributed by atoms with E-state index in [1.54, 1.807) is 0 Å². The number of carbonyl (C=O) groups excluding carboxylic acids is 2. The zero-order chi connectivity index (χ0) is 14.9. The van der Waals surface area contributed by atoms with Crippen LogP contribution in [0.4, 0.5) is 0 Å². The molecule has 0 aromatic rings. The molecule has 2 rings (SSSR count). The molecule has 114 valence electrons. The molecule has 20 heavy (non-hydrogen) atoms. The third kappa shape index (κ3) is 2.99. The Kier molecular flexibility index (Phi) is 4.40. The molecule has 0 aromatic carbocycles. The largest absolute Gasteiger partial charge is 0.342 e. The van der Waals surface area contributed by atoms with E-state index in [0.29, 0.717) is 6.42 Å². The normalized spacial score (nSPS) is 28.3. The lowest BCUT2D eigenvalue weighted by Crippen LogP contribution is -2.66. The third-order valence-corrected chi connectivity index (χ3v) is 4.75. The van der Waals surface area contributed by atoms with Gasteiger partial charge in [-0.1, -0.05) is 47.0 Å². The first kappa shape index (κ1) is 15.3. The van der Waals surface area contributed by atoms with Crippen molar-refractivity contribution < 1.29 is 9.59 Å². The van der Waals surface area contributed by atoms with Crippen LogP contribution in [0.25, 0.3) is 0 Å². The summed E-state index contributed by atoms with van der Waals surface area (Å²) in [5, 5.41) is 2.92. The van der Waals surface area contributed by atoms with Crippen LogP contribution < -0.4 is 5.32 Å². The summed E-state index contributed by atoms with van der Waals surface area (Å²) < 4.78 is 0. The lowest BCUT2D eigenvalue weighted by Gasteiger charge is -2.43. The zero-order valence-corrected chi connectivity index (χ0v) is 13.2. The summed E-state index contributed by atoms with van der Waals surface area (Å²) in [6.07, 6.45) is 5.63. The average Bonchev–Trinajstić information content (AvgIpc) is 2.29. The molecule has 2 unspecified atom stereocenters. The van der Waals surface area contributed by atoms with E-state index in [1.807, 2.05) is 32.6 Å². The number of rotatable bonds is 4. The van der Waals surface area contributed by atoms with E-state index in [1.165, 1.54) is 19.3 Å². The second kappa shape index (κ2) is 5.74. The highest BCUT2D eigenvalue weighted by molar-refractivity contribution is 5.97. The van der Waals surface area contributed by atoms with Crippen molar-refractivity contribution >= 4 is 11.8 Å². The van der Waals surface area contributed by atoms with Gasteiger partial charge in [0.25, 0.3) is 0 Å². The molecule has 2 amide bonds. The molecule has 1 N–H and O–H groups in total. The zero-order valence-electron chi connectivity index (χ0n) is 13.2. The van der Waals surface area contributed by atoms with Crippen LogP contribution in [0.5, 0.6) is 0 Å². The molecular weight excluding hydrogens is 252 g/mol. The van der Waals surface area contributed by atoms with Crippen LogP contribution in [0.1, 0.15) is 59.8 Å². The summed E-state index contributed by atoms with van der Waals surface area (Å²) in [6.45, 7) is 8.73. The van der Waals surface area contributed by atoms with Crippen molar-refractivity contribution in [2.75, 3.05) is 6.54 Å². The van der Waals surface area contributed by atoms with Crippen molar-refractivity contribution in [2.24, 2.45) is 11.3 Å². The van der Waals surface area contributed by atoms with Crippen LogP contribution in [-0.4, -0.2) is 35.3 Å². The summed E-state index contributed by atoms with van der Waals surface area (Å²) in [6, 6.07) is -0.666. The maximum absolute atomic E-state index is 12.7. The molecule has 1 saturated heterocycles. The highest BCUT2D eigenvalue weighted by Crippen LogP contribution is 2.31. The Morgan fingerprint density at radius 3 is 2.35 bits per heavy atom. The molecule has 2 fully saturated rings. The van der Waals surface area contributed by atoms with Crippen LogP contribution in [0, 0.1) is 11.3 Å². The van der Waals surface area contributed by atoms with Gasteiger partial charge in [-0.2, -0.15) is 0 Å². The quantitative estimate of drug-likeness (QED) is 0.859. The minimum Gasteiger partial charge on any atom is -0.342 e. The van der Waals surface area contributed by atoms with Crippen molar-refractivity contribution in [1.82, 2.24) is 10.2 Å². The van der Waals surface area contributed by atoms with Gasteiger partial charge in [0, 0.05) is 6.54 Å². The number of piperazine rings is 1. The molecule has 0 spiro atoms. The van der Waals surface area contributed by atoms with E-state index in [2.05, 4.69) is 5.32 Å². The van der Waals surface area contributed by atoms with E-state index < -0.39 is 0 Å². The minimum atomic E-state index is -0.390. The first-order valence-electron chi connectivity index (χ1n) is 7.95. The molecule has 0 aromatic heterocycles. The smallest absolute Gasteiger partial charge is 0.246 e. The Morgan fingerprint density at radius 2 is 1.90 bits per heavy atom. The summed E-state index contributed by atoms with van der Waals surface area (Å²) in [7, 11) is 0. The van der Waals surface area contributed by atoms with E-state index in [4.69, 9.17) is 0 Å². The van der Waals surface area contributed by atoms with Crippen molar-refractivity contribution in [3.05, 3.63) is 0 Å². The van der Waals surface area contributed by atoms with Crippen molar-refractivity contribution in [2.45, 2.75) is 71.9 Å². The van der Waals surface area contributed by atoms with Gasteiger partial charge in [0.15, 0.2) is 0 Å². The van der Waals surface area contributed by atoms with Crippen LogP contribution in [0.15, 0.2) is 0 Å². The summed E-state index contributed by atoms with van der Waals surface area (Å²) in [4.78, 5) is 26.8. The molecular formula is C16H28N2O2. The second-order valence-corrected chi connectivity index (χ2v) is 7.35. The molecule has 1 aliphatic heterocycles. The number of hydrogen-bond acceptors (Lipinski definition) is 2. The number of hydrogen-bond donors (Lipinski definition) is 1. The fourth-order valence-electron chi connectivity index (χ4n) is 3.12. The highest BCUT2D eigenvalue weighted by Gasteiger charge is 2.44. The molecule has 1 saturated carbocycles. The molecule has 0 bridgehead atoms. The summed E-state index contributed by atoms with van der Waals surface area (Å²) in [5.41, 5.74) is -0.236. The second-order valence-electron chi connectivity index (χ2n) is 7.35. The molecule has 2 atom stereocenters. The van der Waals surface area contributed by atoms with E-state index >= 15 is 0 Å². The maximum Gasteiger partial charge on any atom is 0.246 e. The van der Waals surface area contributed by atoms with Gasteiger partial charge >= 0.3 is 0 Å². The van der Waals surface area contributed by atoms with Gasteiger partial charge in [0.2, 0.25) is 11.8 Å². The Bertz CT molecular complexity index is 382. The van der Waals surface area contributed by atoms with Gasteiger partial charge in [-0.25, -0.2) is 0 Å². The van der Waals surface area contributed by atoms with Gasteiger partial charge in [-0.15, -0.1) is 0 Å². The number of amides is 2. The van der Waals surface area contributed by atoms with Gasteiger partial charge in [0.05, 0.1) is 0 Å². The van der Waals surface area contributed by atoms with Gasteiger partial charge in [0.1, 0.15) is 12.1 Å². The lowest BCUT2D eigenvalue weighted by atomic mass is 9.81. The van der Waals surface area contributed by atoms with Crippen LogP contribution in [-0.2, 0) is 9.59 Å². The molecule has 2 aliphatic rings. The van der Waals surface area contributed by atoms with E-state index in [9.17, 15) is 9.59 Å². The monoisotopic (exact) mass is 280 g/mol. The number of nitrogens with one attached hydrogen (secondary N) is 1. The average molecular weight is 280 g/mol. The fourth-order valence-corrected chi connectivity index (χ4v) is 3.12. The SMILES string of the molecule is CCC1C(=O)NC(C(C)(C)C)C(=O)N1CCC1CCC1. The Balaban J connectivity index is 2.09. The molecule has 1 heterocycles. The standard InChI is InChI=1S/C16H28N2O2/c1-5-12-14(19)17-13(16(2,3)4)15(20)18(12)10-9-11-7-6-8-11/h11-13H,5-10H2,1-4H3,(H,17,19). The predicted molar refractivity (Wildman–Crippen MR) is 79.1 cm³/mol. The van der Waals surface area contributed by atoms with Gasteiger partial charge < -0.3 is 10.2 Å². The van der Waals surface area contributed by atoms with Crippen molar-refractivity contribution in [3.63, 3.8) is 0 Å². The summed E-state index contributed by atoms with van der Waals surface area (Å²) in [5.74, 6) is 0.877. The van der Waals surface area contributed by atoms with Gasteiger partial charge in [-0.3, -0.25) is 9.59 Å². The van der Waals surface area contributed by atoms with Gasteiger partial charge in [-0.05, 0) is 24.2 Å². The fraction of sp³-hybridized carbons (Fsp3) is 0.875. The maximum atomic E-state index is 12.7. The summed E-state index contributed by atoms with van der Waals surface area (Å²) >= 11 is 0. The van der Waals surface area contributed by atoms with E-state index in [-0.39, 0.29) is 29.3 Å². The topological polar surface area (TPSA) is 49.4 Å². The predicted octanol–water partition coefficient (Wildman–Crippen LogP) is 2.33. The molecule has 1 aliphatic carbocycles. The Labute approximate surface area is 122 Å². The lowest BCUT2D eigenvalue weighted by molar-refractivity contribution is -0.152. The molecule has 4 nitrogen and oxygen atoms in total. The Morgan fingerprint density at radius 1 is 1.25 bits per heavy atom.